The zero-order valence-corrected chi connectivity index (χ0v) is 9.63. The van der Waals surface area contributed by atoms with Crippen LogP contribution in [0.5, 0.6) is 0 Å². The number of allylic oxidation sites excluding steroid dienone is 4. The van der Waals surface area contributed by atoms with E-state index in [4.69, 9.17) is 0 Å². The average Bonchev–Trinajstić information content (AvgIpc) is 2.00. The van der Waals surface area contributed by atoms with Crippen LogP contribution >= 0.6 is 0 Å². The Balaban J connectivity index is 2.96. The molecule has 1 aliphatic rings. The Bertz CT molecular complexity index is 282. The van der Waals surface area contributed by atoms with Crippen LogP contribution < -0.4 is 0 Å². The summed E-state index contributed by atoms with van der Waals surface area (Å²) in [6, 6.07) is 0. The van der Waals surface area contributed by atoms with Crippen molar-refractivity contribution in [3.05, 3.63) is 23.8 Å². The highest BCUT2D eigenvalue weighted by molar-refractivity contribution is 5.81. The van der Waals surface area contributed by atoms with Gasteiger partial charge in [0.05, 0.1) is 0 Å². The molecule has 1 unspecified atom stereocenters. The predicted molar refractivity (Wildman–Crippen MR) is 60.1 cm³/mol. The van der Waals surface area contributed by atoms with Crippen molar-refractivity contribution in [3.63, 3.8) is 0 Å². The molecule has 0 heterocycles. The second-order valence-electron chi connectivity index (χ2n) is 4.85. The summed E-state index contributed by atoms with van der Waals surface area (Å²) in [5.74, 6) is 0.808. The van der Waals surface area contributed by atoms with E-state index < -0.39 is 0 Å². The molecule has 0 aromatic heterocycles. The second-order valence-corrected chi connectivity index (χ2v) is 4.85. The molecule has 0 bridgehead atoms. The molecule has 0 aromatic rings. The Labute approximate surface area is 86.9 Å². The van der Waals surface area contributed by atoms with Gasteiger partial charge in [-0.05, 0) is 18.3 Å². The SMILES string of the molecule is CC=CC=C1C(C)CC(=O)CC1(C)C. The van der Waals surface area contributed by atoms with Crippen molar-refractivity contribution in [1.29, 1.82) is 0 Å². The van der Waals surface area contributed by atoms with Crippen LogP contribution in [-0.4, -0.2) is 5.78 Å². The zero-order chi connectivity index (χ0) is 10.8. The van der Waals surface area contributed by atoms with Gasteiger partial charge < -0.3 is 0 Å². The van der Waals surface area contributed by atoms with Gasteiger partial charge in [0, 0.05) is 12.8 Å². The number of Topliss-reactive ketones (excluding diaryl/α,β-unsaturated/α-hetero) is 1. The molecule has 1 rings (SSSR count). The molecule has 0 aromatic carbocycles. The number of ketones is 1. The summed E-state index contributed by atoms with van der Waals surface area (Å²) in [7, 11) is 0. The summed E-state index contributed by atoms with van der Waals surface area (Å²) >= 11 is 0. The first-order chi connectivity index (χ1) is 6.47. The van der Waals surface area contributed by atoms with E-state index in [2.05, 4.69) is 32.9 Å². The predicted octanol–water partition coefficient (Wildman–Crippen LogP) is 3.51. The highest BCUT2D eigenvalue weighted by Gasteiger charge is 2.34. The first-order valence-corrected chi connectivity index (χ1v) is 5.32. The summed E-state index contributed by atoms with van der Waals surface area (Å²) in [5, 5.41) is 0. The Morgan fingerprint density at radius 3 is 2.57 bits per heavy atom. The van der Waals surface area contributed by atoms with Crippen molar-refractivity contribution in [2.75, 3.05) is 0 Å². The van der Waals surface area contributed by atoms with Crippen LogP contribution in [0.15, 0.2) is 23.8 Å². The second kappa shape index (κ2) is 4.12. The molecule has 1 heteroatoms. The maximum atomic E-state index is 11.5. The summed E-state index contributed by atoms with van der Waals surface area (Å²) in [4.78, 5) is 11.5. The van der Waals surface area contributed by atoms with E-state index in [-0.39, 0.29) is 5.41 Å². The number of hydrogen-bond donors (Lipinski definition) is 0. The van der Waals surface area contributed by atoms with Crippen LogP contribution in [0.4, 0.5) is 0 Å². The fourth-order valence-electron chi connectivity index (χ4n) is 2.38. The largest absolute Gasteiger partial charge is 0.300 e. The fraction of sp³-hybridized carbons (Fsp3) is 0.615. The van der Waals surface area contributed by atoms with Crippen molar-refractivity contribution < 1.29 is 4.79 Å². The van der Waals surface area contributed by atoms with Crippen LogP contribution in [-0.2, 0) is 4.79 Å². The van der Waals surface area contributed by atoms with Gasteiger partial charge in [-0.15, -0.1) is 0 Å². The van der Waals surface area contributed by atoms with Crippen molar-refractivity contribution >= 4 is 5.78 Å². The Morgan fingerprint density at radius 2 is 2.07 bits per heavy atom. The van der Waals surface area contributed by atoms with Crippen LogP contribution in [0.25, 0.3) is 0 Å². The normalized spacial score (nSPS) is 30.1. The van der Waals surface area contributed by atoms with Gasteiger partial charge in [0.1, 0.15) is 5.78 Å². The summed E-state index contributed by atoms with van der Waals surface area (Å²) in [5.41, 5.74) is 1.46. The molecule has 0 radical (unpaired) electrons. The third-order valence-corrected chi connectivity index (χ3v) is 2.95. The Hall–Kier alpha value is -0.850. The lowest BCUT2D eigenvalue weighted by Gasteiger charge is -2.36. The third kappa shape index (κ3) is 2.34. The molecular weight excluding hydrogens is 172 g/mol. The molecule has 1 aliphatic carbocycles. The van der Waals surface area contributed by atoms with Gasteiger partial charge >= 0.3 is 0 Å². The molecule has 14 heavy (non-hydrogen) atoms. The van der Waals surface area contributed by atoms with Crippen LogP contribution in [0.2, 0.25) is 0 Å². The van der Waals surface area contributed by atoms with Crippen molar-refractivity contribution in [2.24, 2.45) is 11.3 Å². The van der Waals surface area contributed by atoms with E-state index in [1.54, 1.807) is 0 Å². The van der Waals surface area contributed by atoms with E-state index in [0.29, 0.717) is 24.5 Å². The van der Waals surface area contributed by atoms with Gasteiger partial charge in [-0.1, -0.05) is 44.6 Å². The number of rotatable bonds is 1. The molecule has 1 saturated carbocycles. The maximum absolute atomic E-state index is 11.5. The minimum atomic E-state index is 0.0499. The van der Waals surface area contributed by atoms with E-state index in [9.17, 15) is 4.79 Å². The lowest BCUT2D eigenvalue weighted by Crippen LogP contribution is -2.30. The molecule has 0 N–H and O–H groups in total. The maximum Gasteiger partial charge on any atom is 0.134 e. The molecule has 1 nitrogen and oxygen atoms in total. The lowest BCUT2D eigenvalue weighted by molar-refractivity contribution is -0.122. The minimum Gasteiger partial charge on any atom is -0.300 e. The van der Waals surface area contributed by atoms with Crippen LogP contribution in [0.3, 0.4) is 0 Å². The highest BCUT2D eigenvalue weighted by Crippen LogP contribution is 2.41. The highest BCUT2D eigenvalue weighted by atomic mass is 16.1. The zero-order valence-electron chi connectivity index (χ0n) is 9.63. The fourth-order valence-corrected chi connectivity index (χ4v) is 2.38. The molecule has 0 amide bonds. The average molecular weight is 192 g/mol. The molecule has 0 spiro atoms. The van der Waals surface area contributed by atoms with Crippen LogP contribution in [0.1, 0.15) is 40.5 Å². The van der Waals surface area contributed by atoms with Crippen molar-refractivity contribution in [2.45, 2.75) is 40.5 Å². The van der Waals surface area contributed by atoms with Crippen molar-refractivity contribution in [1.82, 2.24) is 0 Å². The first-order valence-electron chi connectivity index (χ1n) is 5.32. The van der Waals surface area contributed by atoms with E-state index in [1.165, 1.54) is 5.57 Å². The Kier molecular flexibility index (Phi) is 3.30. The molecule has 1 atom stereocenters. The lowest BCUT2D eigenvalue weighted by atomic mass is 9.68. The van der Waals surface area contributed by atoms with E-state index in [1.807, 2.05) is 13.0 Å². The van der Waals surface area contributed by atoms with E-state index >= 15 is 0 Å². The van der Waals surface area contributed by atoms with Gasteiger partial charge in [-0.3, -0.25) is 4.79 Å². The van der Waals surface area contributed by atoms with Crippen molar-refractivity contribution in [3.8, 4) is 0 Å². The number of hydrogen-bond acceptors (Lipinski definition) is 1. The smallest absolute Gasteiger partial charge is 0.134 e. The van der Waals surface area contributed by atoms with Gasteiger partial charge in [-0.2, -0.15) is 0 Å². The molecule has 0 aliphatic heterocycles. The monoisotopic (exact) mass is 192 g/mol. The summed E-state index contributed by atoms with van der Waals surface area (Å²) in [6.07, 6.45) is 7.69. The third-order valence-electron chi connectivity index (χ3n) is 2.95. The molecule has 1 fully saturated rings. The quantitative estimate of drug-likeness (QED) is 0.621. The molecule has 78 valence electrons. The van der Waals surface area contributed by atoms with Gasteiger partial charge in [-0.25, -0.2) is 0 Å². The number of carbonyl (C=O) groups is 1. The molecular formula is C13H20O. The van der Waals surface area contributed by atoms with E-state index in [0.717, 1.165) is 0 Å². The minimum absolute atomic E-state index is 0.0499. The van der Waals surface area contributed by atoms with Gasteiger partial charge in [0.25, 0.3) is 0 Å². The summed E-state index contributed by atoms with van der Waals surface area (Å²) in [6.45, 7) is 8.49. The Morgan fingerprint density at radius 1 is 1.43 bits per heavy atom. The topological polar surface area (TPSA) is 17.1 Å². The van der Waals surface area contributed by atoms with Crippen LogP contribution in [0, 0.1) is 11.3 Å². The number of carbonyl (C=O) groups excluding carboxylic acids is 1. The van der Waals surface area contributed by atoms with Gasteiger partial charge in [0.2, 0.25) is 0 Å². The molecule has 0 saturated heterocycles. The summed E-state index contributed by atoms with van der Waals surface area (Å²) < 4.78 is 0. The first kappa shape index (κ1) is 11.2. The van der Waals surface area contributed by atoms with Gasteiger partial charge in [0.15, 0.2) is 0 Å². The standard InChI is InChI=1S/C13H20O/c1-5-6-7-12-10(2)8-11(14)9-13(12,3)4/h5-7,10H,8-9H2,1-4H3.